The molecule has 0 bridgehead atoms. The molecule has 0 N–H and O–H groups in total. The summed E-state index contributed by atoms with van der Waals surface area (Å²) in [5.41, 5.74) is 0. The van der Waals surface area contributed by atoms with E-state index in [1.807, 2.05) is 6.07 Å². The molecule has 0 aromatic carbocycles. The molecule has 0 radical (unpaired) electrons. The number of ether oxygens (including phenoxy) is 2. The highest BCUT2D eigenvalue weighted by Gasteiger charge is 2.21. The van der Waals surface area contributed by atoms with Gasteiger partial charge in [0.05, 0.1) is 26.4 Å². The van der Waals surface area contributed by atoms with Crippen molar-refractivity contribution in [3.05, 3.63) is 9.77 Å². The minimum absolute atomic E-state index is 0.337. The number of anilines is 1. The molecule has 0 spiro atoms. The molecular formula is C10H14IN3O2. The van der Waals surface area contributed by atoms with Gasteiger partial charge in [-0.3, -0.25) is 0 Å². The topological polar surface area (TPSA) is 47.5 Å². The van der Waals surface area contributed by atoms with Gasteiger partial charge in [-0.2, -0.15) is 9.97 Å². The van der Waals surface area contributed by atoms with Gasteiger partial charge in [-0.25, -0.2) is 0 Å². The molecule has 2 rings (SSSR count). The SMILES string of the molecule is COc1nc(I)cc(N2CCOC[C@H]2C)n1. The number of methoxy groups -OCH3 is 1. The van der Waals surface area contributed by atoms with E-state index in [0.717, 1.165) is 29.3 Å². The van der Waals surface area contributed by atoms with Crippen molar-refractivity contribution in [2.45, 2.75) is 13.0 Å². The zero-order valence-corrected chi connectivity index (χ0v) is 11.5. The maximum Gasteiger partial charge on any atom is 0.319 e. The Labute approximate surface area is 108 Å². The van der Waals surface area contributed by atoms with E-state index in [0.29, 0.717) is 12.1 Å². The molecule has 5 nitrogen and oxygen atoms in total. The summed E-state index contributed by atoms with van der Waals surface area (Å²) in [6.45, 7) is 4.47. The molecule has 1 aliphatic rings. The number of halogens is 1. The van der Waals surface area contributed by atoms with E-state index in [1.165, 1.54) is 0 Å². The number of aromatic nitrogens is 2. The predicted octanol–water partition coefficient (Wildman–Crippen LogP) is 1.31. The second kappa shape index (κ2) is 5.13. The van der Waals surface area contributed by atoms with Crippen molar-refractivity contribution in [3.8, 4) is 6.01 Å². The van der Waals surface area contributed by atoms with E-state index in [-0.39, 0.29) is 0 Å². The molecule has 1 saturated heterocycles. The summed E-state index contributed by atoms with van der Waals surface area (Å²) >= 11 is 2.17. The number of hydrogen-bond donors (Lipinski definition) is 0. The fourth-order valence-electron chi connectivity index (χ4n) is 1.69. The van der Waals surface area contributed by atoms with Crippen LogP contribution in [0, 0.1) is 3.70 Å². The van der Waals surface area contributed by atoms with Gasteiger partial charge in [0.1, 0.15) is 9.52 Å². The van der Waals surface area contributed by atoms with Crippen LogP contribution in [-0.4, -0.2) is 42.9 Å². The largest absolute Gasteiger partial charge is 0.467 e. The van der Waals surface area contributed by atoms with Gasteiger partial charge in [-0.15, -0.1) is 0 Å². The first-order chi connectivity index (χ1) is 7.70. The second-order valence-corrected chi connectivity index (χ2v) is 4.76. The smallest absolute Gasteiger partial charge is 0.319 e. The molecule has 1 fully saturated rings. The molecule has 0 amide bonds. The first-order valence-electron chi connectivity index (χ1n) is 5.13. The molecule has 1 atom stereocenters. The van der Waals surface area contributed by atoms with Crippen molar-refractivity contribution < 1.29 is 9.47 Å². The van der Waals surface area contributed by atoms with Crippen LogP contribution in [0.25, 0.3) is 0 Å². The fraction of sp³-hybridized carbons (Fsp3) is 0.600. The second-order valence-electron chi connectivity index (χ2n) is 3.65. The Hall–Kier alpha value is -0.630. The molecule has 16 heavy (non-hydrogen) atoms. The summed E-state index contributed by atoms with van der Waals surface area (Å²) in [6.07, 6.45) is 0. The number of morpholine rings is 1. The lowest BCUT2D eigenvalue weighted by Gasteiger charge is -2.34. The highest BCUT2D eigenvalue weighted by Crippen LogP contribution is 2.21. The van der Waals surface area contributed by atoms with E-state index in [9.17, 15) is 0 Å². The molecule has 0 aliphatic carbocycles. The molecular weight excluding hydrogens is 321 g/mol. The summed E-state index contributed by atoms with van der Waals surface area (Å²) in [6, 6.07) is 2.72. The summed E-state index contributed by atoms with van der Waals surface area (Å²) in [7, 11) is 1.58. The van der Waals surface area contributed by atoms with Crippen LogP contribution in [0.1, 0.15) is 6.92 Å². The van der Waals surface area contributed by atoms with E-state index < -0.39 is 0 Å². The third-order valence-electron chi connectivity index (χ3n) is 2.51. The normalized spacial score (nSPS) is 20.9. The number of rotatable bonds is 2. The standard InChI is InChI=1S/C10H14IN3O2/c1-7-6-16-4-3-14(7)9-5-8(11)12-10(13-9)15-2/h5,7H,3-4,6H2,1-2H3/t7-/m1/s1. The molecule has 88 valence electrons. The molecule has 1 aliphatic heterocycles. The van der Waals surface area contributed by atoms with Crippen LogP contribution in [-0.2, 0) is 4.74 Å². The lowest BCUT2D eigenvalue weighted by Crippen LogP contribution is -2.44. The Bertz CT molecular complexity index is 375. The van der Waals surface area contributed by atoms with Crippen LogP contribution >= 0.6 is 22.6 Å². The molecule has 6 heteroatoms. The van der Waals surface area contributed by atoms with E-state index in [1.54, 1.807) is 7.11 Å². The van der Waals surface area contributed by atoms with Crippen LogP contribution in [0.2, 0.25) is 0 Å². The fourth-order valence-corrected chi connectivity index (χ4v) is 2.18. The van der Waals surface area contributed by atoms with Crippen molar-refractivity contribution in [3.63, 3.8) is 0 Å². The van der Waals surface area contributed by atoms with E-state index in [4.69, 9.17) is 9.47 Å². The van der Waals surface area contributed by atoms with Crippen molar-refractivity contribution in [1.82, 2.24) is 9.97 Å². The van der Waals surface area contributed by atoms with Gasteiger partial charge in [0.25, 0.3) is 0 Å². The van der Waals surface area contributed by atoms with Crippen LogP contribution in [0.3, 0.4) is 0 Å². The van der Waals surface area contributed by atoms with Crippen LogP contribution < -0.4 is 9.64 Å². The van der Waals surface area contributed by atoms with Gasteiger partial charge in [-0.05, 0) is 29.5 Å². The first-order valence-corrected chi connectivity index (χ1v) is 6.21. The number of hydrogen-bond acceptors (Lipinski definition) is 5. The van der Waals surface area contributed by atoms with Gasteiger partial charge in [0, 0.05) is 12.6 Å². The summed E-state index contributed by atoms with van der Waals surface area (Å²) in [5, 5.41) is 0. The monoisotopic (exact) mass is 335 g/mol. The van der Waals surface area contributed by atoms with Gasteiger partial charge in [-0.1, -0.05) is 0 Å². The van der Waals surface area contributed by atoms with E-state index in [2.05, 4.69) is 44.4 Å². The Morgan fingerprint density at radius 1 is 1.56 bits per heavy atom. The molecule has 1 aromatic heterocycles. The third-order valence-corrected chi connectivity index (χ3v) is 3.06. The van der Waals surface area contributed by atoms with Crippen molar-refractivity contribution >= 4 is 28.4 Å². The predicted molar refractivity (Wildman–Crippen MR) is 68.9 cm³/mol. The van der Waals surface area contributed by atoms with Gasteiger partial charge in [0.2, 0.25) is 0 Å². The first kappa shape index (κ1) is 11.8. The van der Waals surface area contributed by atoms with Gasteiger partial charge < -0.3 is 14.4 Å². The summed E-state index contributed by atoms with van der Waals surface area (Å²) in [4.78, 5) is 10.7. The average Bonchev–Trinajstić information content (AvgIpc) is 2.28. The molecule has 0 saturated carbocycles. The Morgan fingerprint density at radius 2 is 2.38 bits per heavy atom. The van der Waals surface area contributed by atoms with Gasteiger partial charge in [0.15, 0.2) is 0 Å². The van der Waals surface area contributed by atoms with Crippen LogP contribution in [0.4, 0.5) is 5.82 Å². The number of nitrogens with zero attached hydrogens (tertiary/aromatic N) is 3. The average molecular weight is 335 g/mol. The van der Waals surface area contributed by atoms with Gasteiger partial charge >= 0.3 is 6.01 Å². The lowest BCUT2D eigenvalue weighted by molar-refractivity contribution is 0.0984. The molecule has 0 unspecified atom stereocenters. The quantitative estimate of drug-likeness (QED) is 0.603. The highest BCUT2D eigenvalue weighted by atomic mass is 127. The summed E-state index contributed by atoms with van der Waals surface area (Å²) < 4.78 is 11.4. The minimum Gasteiger partial charge on any atom is -0.467 e. The summed E-state index contributed by atoms with van der Waals surface area (Å²) in [5.74, 6) is 0.909. The zero-order valence-electron chi connectivity index (χ0n) is 9.31. The van der Waals surface area contributed by atoms with Crippen molar-refractivity contribution in [2.75, 3.05) is 31.8 Å². The van der Waals surface area contributed by atoms with Crippen molar-refractivity contribution in [1.29, 1.82) is 0 Å². The van der Waals surface area contributed by atoms with Crippen molar-refractivity contribution in [2.24, 2.45) is 0 Å². The third kappa shape index (κ3) is 2.54. The highest BCUT2D eigenvalue weighted by molar-refractivity contribution is 14.1. The molecule has 1 aromatic rings. The maximum absolute atomic E-state index is 5.40. The minimum atomic E-state index is 0.337. The van der Waals surface area contributed by atoms with Crippen LogP contribution in [0.5, 0.6) is 6.01 Å². The zero-order chi connectivity index (χ0) is 11.5. The van der Waals surface area contributed by atoms with E-state index >= 15 is 0 Å². The van der Waals surface area contributed by atoms with Crippen LogP contribution in [0.15, 0.2) is 6.07 Å². The Kier molecular flexibility index (Phi) is 3.80. The Balaban J connectivity index is 2.27. The molecule has 2 heterocycles. The maximum atomic E-state index is 5.40. The Morgan fingerprint density at radius 3 is 3.06 bits per heavy atom. The lowest BCUT2D eigenvalue weighted by atomic mass is 10.2.